The minimum absolute atomic E-state index is 0.225. The number of benzene rings is 1. The van der Waals surface area contributed by atoms with Gasteiger partial charge in [0.05, 0.1) is 6.21 Å². The molecule has 0 unspecified atom stereocenters. The summed E-state index contributed by atoms with van der Waals surface area (Å²) in [6, 6.07) is 11.5. The SMILES string of the molecule is Cc1ccc(/C=N/NC(=O)c2ccc(CSc3nncn3C)cc2)s1. The summed E-state index contributed by atoms with van der Waals surface area (Å²) < 4.78 is 1.87. The van der Waals surface area contributed by atoms with Crippen molar-refractivity contribution in [1.82, 2.24) is 20.2 Å². The fourth-order valence-electron chi connectivity index (χ4n) is 2.05. The predicted octanol–water partition coefficient (Wildman–Crippen LogP) is 3.24. The highest BCUT2D eigenvalue weighted by Gasteiger charge is 2.06. The molecule has 25 heavy (non-hydrogen) atoms. The molecule has 2 aromatic heterocycles. The molecule has 0 radical (unpaired) electrons. The molecule has 0 aliphatic rings. The van der Waals surface area contributed by atoms with E-state index in [1.165, 1.54) is 4.88 Å². The van der Waals surface area contributed by atoms with Gasteiger partial charge >= 0.3 is 0 Å². The number of carbonyl (C=O) groups excluding carboxylic acids is 1. The Kier molecular flexibility index (Phi) is 5.62. The number of aromatic nitrogens is 3. The zero-order valence-electron chi connectivity index (χ0n) is 13.8. The van der Waals surface area contributed by atoms with Crippen molar-refractivity contribution in [2.45, 2.75) is 17.8 Å². The van der Waals surface area contributed by atoms with Crippen LogP contribution in [0.4, 0.5) is 0 Å². The number of aryl methyl sites for hydroxylation is 2. The first-order valence-electron chi connectivity index (χ1n) is 7.57. The summed E-state index contributed by atoms with van der Waals surface area (Å²) in [5.41, 5.74) is 4.24. The van der Waals surface area contributed by atoms with Crippen LogP contribution in [0.1, 0.15) is 25.7 Å². The van der Waals surface area contributed by atoms with E-state index < -0.39 is 0 Å². The van der Waals surface area contributed by atoms with Gasteiger partial charge < -0.3 is 4.57 Å². The molecule has 3 aromatic rings. The molecule has 0 aliphatic carbocycles. The van der Waals surface area contributed by atoms with Crippen LogP contribution in [0.5, 0.6) is 0 Å². The summed E-state index contributed by atoms with van der Waals surface area (Å²) in [6.45, 7) is 2.03. The Morgan fingerprint density at radius 3 is 2.76 bits per heavy atom. The number of hydrazone groups is 1. The van der Waals surface area contributed by atoms with Crippen LogP contribution in [0.3, 0.4) is 0 Å². The topological polar surface area (TPSA) is 72.2 Å². The summed E-state index contributed by atoms with van der Waals surface area (Å²) in [5, 5.41) is 12.7. The van der Waals surface area contributed by atoms with Gasteiger partial charge in [-0.05, 0) is 36.8 Å². The summed E-state index contributed by atoms with van der Waals surface area (Å²) >= 11 is 3.23. The van der Waals surface area contributed by atoms with Crippen molar-refractivity contribution >= 4 is 35.2 Å². The Hall–Kier alpha value is -2.45. The fourth-order valence-corrected chi connectivity index (χ4v) is 3.64. The van der Waals surface area contributed by atoms with Crippen LogP contribution in [0.2, 0.25) is 0 Å². The highest BCUT2D eigenvalue weighted by Crippen LogP contribution is 2.20. The quantitative estimate of drug-likeness (QED) is 0.410. The third-order valence-electron chi connectivity index (χ3n) is 3.37. The highest BCUT2D eigenvalue weighted by atomic mass is 32.2. The van der Waals surface area contributed by atoms with Gasteiger partial charge in [0.15, 0.2) is 5.16 Å². The van der Waals surface area contributed by atoms with Gasteiger partial charge in [-0.15, -0.1) is 21.5 Å². The van der Waals surface area contributed by atoms with E-state index in [9.17, 15) is 4.79 Å². The normalized spacial score (nSPS) is 11.1. The minimum Gasteiger partial charge on any atom is -0.312 e. The molecule has 3 rings (SSSR count). The lowest BCUT2D eigenvalue weighted by Crippen LogP contribution is -2.17. The lowest BCUT2D eigenvalue weighted by molar-refractivity contribution is 0.0955. The first kappa shape index (κ1) is 17.4. The van der Waals surface area contributed by atoms with Gasteiger partial charge in [0.1, 0.15) is 6.33 Å². The molecule has 8 heteroatoms. The predicted molar refractivity (Wildman–Crippen MR) is 101 cm³/mol. The van der Waals surface area contributed by atoms with Gasteiger partial charge in [-0.2, -0.15) is 5.10 Å². The number of hydrogen-bond acceptors (Lipinski definition) is 6. The molecule has 0 bridgehead atoms. The average Bonchev–Trinajstić information content (AvgIpc) is 3.21. The number of nitrogens with zero attached hydrogens (tertiary/aromatic N) is 4. The minimum atomic E-state index is -0.225. The standard InChI is InChI=1S/C17H17N5OS2/c1-12-3-8-15(25-12)9-18-20-16(23)14-6-4-13(5-7-14)10-24-17-21-19-11-22(17)2/h3-9,11H,10H2,1-2H3,(H,20,23)/b18-9+. The number of amides is 1. The molecule has 1 amide bonds. The largest absolute Gasteiger partial charge is 0.312 e. The summed E-state index contributed by atoms with van der Waals surface area (Å²) in [7, 11) is 1.91. The maximum Gasteiger partial charge on any atom is 0.271 e. The van der Waals surface area contributed by atoms with Crippen molar-refractivity contribution in [2.75, 3.05) is 0 Å². The van der Waals surface area contributed by atoms with E-state index in [0.29, 0.717) is 5.56 Å². The van der Waals surface area contributed by atoms with E-state index in [0.717, 1.165) is 21.3 Å². The van der Waals surface area contributed by atoms with Crippen LogP contribution in [0.15, 0.2) is 53.0 Å². The van der Waals surface area contributed by atoms with Gasteiger partial charge in [-0.25, -0.2) is 5.43 Å². The number of thioether (sulfide) groups is 1. The number of rotatable bonds is 6. The Balaban J connectivity index is 1.53. The zero-order chi connectivity index (χ0) is 17.6. The molecule has 1 aromatic carbocycles. The van der Waals surface area contributed by atoms with Crippen LogP contribution < -0.4 is 5.43 Å². The first-order valence-corrected chi connectivity index (χ1v) is 9.37. The van der Waals surface area contributed by atoms with Gasteiger partial charge in [0.2, 0.25) is 0 Å². The van der Waals surface area contributed by atoms with E-state index in [1.54, 1.807) is 47.8 Å². The Morgan fingerprint density at radius 2 is 2.12 bits per heavy atom. The summed E-state index contributed by atoms with van der Waals surface area (Å²) in [6.07, 6.45) is 3.33. The molecular formula is C17H17N5OS2. The van der Waals surface area contributed by atoms with E-state index in [2.05, 4.69) is 20.7 Å². The van der Waals surface area contributed by atoms with Crippen molar-refractivity contribution in [2.24, 2.45) is 12.1 Å². The second-order valence-electron chi connectivity index (χ2n) is 5.36. The van der Waals surface area contributed by atoms with Gasteiger partial charge in [-0.1, -0.05) is 23.9 Å². The molecular weight excluding hydrogens is 354 g/mol. The second-order valence-corrected chi connectivity index (χ2v) is 7.62. The zero-order valence-corrected chi connectivity index (χ0v) is 15.5. The number of carbonyl (C=O) groups is 1. The smallest absolute Gasteiger partial charge is 0.271 e. The first-order chi connectivity index (χ1) is 12.1. The van der Waals surface area contributed by atoms with Crippen molar-refractivity contribution in [3.05, 3.63) is 63.6 Å². The van der Waals surface area contributed by atoms with E-state index in [4.69, 9.17) is 0 Å². The summed E-state index contributed by atoms with van der Waals surface area (Å²) in [5.74, 6) is 0.543. The number of hydrogen-bond donors (Lipinski definition) is 1. The molecule has 128 valence electrons. The van der Waals surface area contributed by atoms with Crippen LogP contribution in [-0.2, 0) is 12.8 Å². The van der Waals surface area contributed by atoms with Crippen molar-refractivity contribution in [3.8, 4) is 0 Å². The van der Waals surface area contributed by atoms with Gasteiger partial charge in [0, 0.05) is 28.1 Å². The van der Waals surface area contributed by atoms with Crippen molar-refractivity contribution in [3.63, 3.8) is 0 Å². The second kappa shape index (κ2) is 8.09. The van der Waals surface area contributed by atoms with Crippen molar-refractivity contribution in [1.29, 1.82) is 0 Å². The monoisotopic (exact) mass is 371 g/mol. The van der Waals surface area contributed by atoms with Crippen LogP contribution in [0, 0.1) is 6.92 Å². The van der Waals surface area contributed by atoms with E-state index in [-0.39, 0.29) is 5.91 Å². The van der Waals surface area contributed by atoms with Crippen LogP contribution >= 0.6 is 23.1 Å². The maximum atomic E-state index is 12.1. The average molecular weight is 371 g/mol. The molecule has 0 atom stereocenters. The van der Waals surface area contributed by atoms with Gasteiger partial charge in [-0.3, -0.25) is 4.79 Å². The lowest BCUT2D eigenvalue weighted by atomic mass is 10.1. The van der Waals surface area contributed by atoms with E-state index in [1.807, 2.05) is 42.8 Å². The van der Waals surface area contributed by atoms with Crippen LogP contribution in [-0.4, -0.2) is 26.9 Å². The molecule has 0 saturated carbocycles. The summed E-state index contributed by atoms with van der Waals surface area (Å²) in [4.78, 5) is 14.3. The molecule has 6 nitrogen and oxygen atoms in total. The molecule has 0 fully saturated rings. The molecule has 0 spiro atoms. The molecule has 0 aliphatic heterocycles. The lowest BCUT2D eigenvalue weighted by Gasteiger charge is -2.03. The fraction of sp³-hybridized carbons (Fsp3) is 0.176. The number of thiophene rings is 1. The van der Waals surface area contributed by atoms with E-state index >= 15 is 0 Å². The van der Waals surface area contributed by atoms with Crippen molar-refractivity contribution < 1.29 is 4.79 Å². The molecule has 2 heterocycles. The molecule has 0 saturated heterocycles. The molecule has 1 N–H and O–H groups in total. The third-order valence-corrected chi connectivity index (χ3v) is 5.41. The Labute approximate surface area is 154 Å². The maximum absolute atomic E-state index is 12.1. The third kappa shape index (κ3) is 4.77. The van der Waals surface area contributed by atoms with Crippen LogP contribution in [0.25, 0.3) is 0 Å². The Bertz CT molecular complexity index is 883. The Morgan fingerprint density at radius 1 is 1.32 bits per heavy atom. The highest BCUT2D eigenvalue weighted by molar-refractivity contribution is 7.98. The van der Waals surface area contributed by atoms with Gasteiger partial charge in [0.25, 0.3) is 5.91 Å². The number of nitrogens with one attached hydrogen (secondary N) is 1.